The highest BCUT2D eigenvalue weighted by Gasteiger charge is 2.32. The van der Waals surface area contributed by atoms with Gasteiger partial charge in [0.1, 0.15) is 0 Å². The minimum absolute atomic E-state index is 0.107. The maximum absolute atomic E-state index is 13.1. The summed E-state index contributed by atoms with van der Waals surface area (Å²) in [6, 6.07) is 12.6. The SMILES string of the molecule is CCOC(=O)/C=C/c1ccc(NC(=O)C2CCN(S(=O)(=O)c3ccc4c(c3)CCC4)CC2)cc1. The van der Waals surface area contributed by atoms with Crippen LogP contribution < -0.4 is 5.32 Å². The third-order valence-electron chi connectivity index (χ3n) is 6.41. The summed E-state index contributed by atoms with van der Waals surface area (Å²) in [4.78, 5) is 24.5. The van der Waals surface area contributed by atoms with Crippen LogP contribution in [0.1, 0.15) is 42.9 Å². The number of anilines is 1. The van der Waals surface area contributed by atoms with Crippen LogP contribution >= 0.6 is 0 Å². The summed E-state index contributed by atoms with van der Waals surface area (Å²) in [6.45, 7) is 2.73. The summed E-state index contributed by atoms with van der Waals surface area (Å²) < 4.78 is 32.6. The summed E-state index contributed by atoms with van der Waals surface area (Å²) >= 11 is 0. The lowest BCUT2D eigenvalue weighted by Crippen LogP contribution is -2.41. The molecule has 1 heterocycles. The molecule has 2 aromatic rings. The number of aryl methyl sites for hydroxylation is 2. The molecule has 2 aliphatic rings. The van der Waals surface area contributed by atoms with Gasteiger partial charge >= 0.3 is 5.97 Å². The van der Waals surface area contributed by atoms with Gasteiger partial charge in [-0.1, -0.05) is 18.2 Å². The normalized spacial score (nSPS) is 17.0. The molecule has 7 nitrogen and oxygen atoms in total. The Morgan fingerprint density at radius 2 is 1.76 bits per heavy atom. The minimum Gasteiger partial charge on any atom is -0.463 e. The number of nitrogens with zero attached hydrogens (tertiary/aromatic N) is 1. The predicted molar refractivity (Wildman–Crippen MR) is 131 cm³/mol. The van der Waals surface area contributed by atoms with Gasteiger partial charge in [-0.2, -0.15) is 4.31 Å². The molecule has 1 aliphatic carbocycles. The molecule has 1 fully saturated rings. The molecular formula is C26H30N2O5S. The van der Waals surface area contributed by atoms with Crippen molar-refractivity contribution in [3.63, 3.8) is 0 Å². The van der Waals surface area contributed by atoms with Crippen LogP contribution in [0.15, 0.2) is 53.4 Å². The molecule has 34 heavy (non-hydrogen) atoms. The molecule has 0 radical (unpaired) electrons. The number of nitrogens with one attached hydrogen (secondary N) is 1. The second-order valence-corrected chi connectivity index (χ2v) is 10.6. The summed E-state index contributed by atoms with van der Waals surface area (Å²) in [5.74, 6) is -0.747. The highest BCUT2D eigenvalue weighted by atomic mass is 32.2. The molecule has 8 heteroatoms. The summed E-state index contributed by atoms with van der Waals surface area (Å²) in [5, 5.41) is 2.91. The quantitative estimate of drug-likeness (QED) is 0.479. The molecule has 0 spiro atoms. The number of piperidine rings is 1. The van der Waals surface area contributed by atoms with Crippen molar-refractivity contribution in [3.8, 4) is 0 Å². The Morgan fingerprint density at radius 3 is 2.47 bits per heavy atom. The van der Waals surface area contributed by atoms with Crippen molar-refractivity contribution >= 4 is 33.7 Å². The first-order valence-corrected chi connectivity index (χ1v) is 13.2. The minimum atomic E-state index is -3.55. The van der Waals surface area contributed by atoms with Crippen LogP contribution in [0.5, 0.6) is 0 Å². The zero-order chi connectivity index (χ0) is 24.1. The molecule has 0 aromatic heterocycles. The average Bonchev–Trinajstić information content (AvgIpc) is 3.32. The number of hydrogen-bond acceptors (Lipinski definition) is 5. The van der Waals surface area contributed by atoms with Crippen molar-refractivity contribution in [3.05, 3.63) is 65.2 Å². The Labute approximate surface area is 200 Å². The number of benzene rings is 2. The Hall–Kier alpha value is -2.97. The van der Waals surface area contributed by atoms with Crippen molar-refractivity contribution in [2.24, 2.45) is 5.92 Å². The van der Waals surface area contributed by atoms with E-state index < -0.39 is 16.0 Å². The van der Waals surface area contributed by atoms with E-state index in [0.717, 1.165) is 30.4 Å². The van der Waals surface area contributed by atoms with Crippen molar-refractivity contribution in [2.45, 2.75) is 43.9 Å². The van der Waals surface area contributed by atoms with Gasteiger partial charge in [-0.05, 0) is 86.1 Å². The maximum atomic E-state index is 13.1. The van der Waals surface area contributed by atoms with E-state index >= 15 is 0 Å². The van der Waals surface area contributed by atoms with Gasteiger partial charge in [0.05, 0.1) is 11.5 Å². The fraction of sp³-hybridized carbons (Fsp3) is 0.385. The number of fused-ring (bicyclic) bond motifs is 1. The molecular weight excluding hydrogens is 452 g/mol. The van der Waals surface area contributed by atoms with Gasteiger partial charge in [0.2, 0.25) is 15.9 Å². The van der Waals surface area contributed by atoms with Crippen molar-refractivity contribution in [1.82, 2.24) is 4.31 Å². The van der Waals surface area contributed by atoms with Gasteiger partial charge in [-0.25, -0.2) is 13.2 Å². The van der Waals surface area contributed by atoms with Gasteiger partial charge in [0.25, 0.3) is 0 Å². The van der Waals surface area contributed by atoms with Gasteiger partial charge in [-0.15, -0.1) is 0 Å². The Kier molecular flexibility index (Phi) is 7.48. The van der Waals surface area contributed by atoms with Gasteiger partial charge < -0.3 is 10.1 Å². The lowest BCUT2D eigenvalue weighted by atomic mass is 9.97. The van der Waals surface area contributed by atoms with Gasteiger partial charge in [-0.3, -0.25) is 4.79 Å². The molecule has 1 saturated heterocycles. The van der Waals surface area contributed by atoms with Crippen molar-refractivity contribution < 1.29 is 22.7 Å². The lowest BCUT2D eigenvalue weighted by Gasteiger charge is -2.30. The predicted octanol–water partition coefficient (Wildman–Crippen LogP) is 3.79. The van der Waals surface area contributed by atoms with E-state index in [0.29, 0.717) is 43.1 Å². The second kappa shape index (κ2) is 10.5. The summed E-state index contributed by atoms with van der Waals surface area (Å²) in [7, 11) is -3.55. The van der Waals surface area contributed by atoms with E-state index in [1.54, 1.807) is 43.3 Å². The van der Waals surface area contributed by atoms with Gasteiger partial charge in [0, 0.05) is 30.8 Å². The highest BCUT2D eigenvalue weighted by molar-refractivity contribution is 7.89. The smallest absolute Gasteiger partial charge is 0.330 e. The zero-order valence-electron chi connectivity index (χ0n) is 19.3. The molecule has 1 amide bonds. The molecule has 2 aromatic carbocycles. The maximum Gasteiger partial charge on any atom is 0.330 e. The molecule has 180 valence electrons. The fourth-order valence-corrected chi connectivity index (χ4v) is 6.01. The molecule has 4 rings (SSSR count). The Balaban J connectivity index is 1.31. The largest absolute Gasteiger partial charge is 0.463 e. The van der Waals surface area contributed by atoms with Crippen LogP contribution in [-0.4, -0.2) is 44.3 Å². The van der Waals surface area contributed by atoms with Crippen LogP contribution in [0.2, 0.25) is 0 Å². The topological polar surface area (TPSA) is 92.8 Å². The molecule has 1 aliphatic heterocycles. The van der Waals surface area contributed by atoms with E-state index in [1.165, 1.54) is 15.9 Å². The van der Waals surface area contributed by atoms with E-state index in [1.807, 2.05) is 12.1 Å². The van der Waals surface area contributed by atoms with Crippen LogP contribution in [-0.2, 0) is 37.2 Å². The first-order chi connectivity index (χ1) is 16.4. The number of rotatable bonds is 7. The van der Waals surface area contributed by atoms with Crippen molar-refractivity contribution in [2.75, 3.05) is 25.0 Å². The monoisotopic (exact) mass is 482 g/mol. The third kappa shape index (κ3) is 5.56. The third-order valence-corrected chi connectivity index (χ3v) is 8.30. The van der Waals surface area contributed by atoms with Crippen molar-refractivity contribution in [1.29, 1.82) is 0 Å². The lowest BCUT2D eigenvalue weighted by molar-refractivity contribution is -0.137. The molecule has 0 bridgehead atoms. The molecule has 0 saturated carbocycles. The van der Waals surface area contributed by atoms with E-state index in [4.69, 9.17) is 4.74 Å². The summed E-state index contributed by atoms with van der Waals surface area (Å²) in [6.07, 6.45) is 7.01. The number of esters is 1. The highest BCUT2D eigenvalue weighted by Crippen LogP contribution is 2.29. The summed E-state index contributed by atoms with van der Waals surface area (Å²) in [5.41, 5.74) is 3.86. The first kappa shape index (κ1) is 24.2. The molecule has 0 unspecified atom stereocenters. The molecule has 0 atom stereocenters. The number of sulfonamides is 1. The number of carbonyl (C=O) groups is 2. The van der Waals surface area contributed by atoms with Crippen LogP contribution in [0.25, 0.3) is 6.08 Å². The van der Waals surface area contributed by atoms with Crippen LogP contribution in [0, 0.1) is 5.92 Å². The van der Waals surface area contributed by atoms with Crippen LogP contribution in [0.3, 0.4) is 0 Å². The van der Waals surface area contributed by atoms with Gasteiger partial charge in [0.15, 0.2) is 0 Å². The Bertz CT molecular complexity index is 1180. The fourth-order valence-electron chi connectivity index (χ4n) is 4.49. The number of carbonyl (C=O) groups excluding carboxylic acids is 2. The number of hydrogen-bond donors (Lipinski definition) is 1. The van der Waals surface area contributed by atoms with E-state index in [-0.39, 0.29) is 11.8 Å². The average molecular weight is 483 g/mol. The number of amides is 1. The zero-order valence-corrected chi connectivity index (χ0v) is 20.1. The standard InChI is InChI=1S/C26H30N2O5S/c1-2-33-25(29)13-8-19-6-10-23(11-7-19)27-26(30)21-14-16-28(17-15-21)34(31,32)24-12-9-20-4-3-5-22(20)18-24/h6-13,18,21H,2-5,14-17H2,1H3,(H,27,30)/b13-8+. The van der Waals surface area contributed by atoms with Crippen LogP contribution in [0.4, 0.5) is 5.69 Å². The van der Waals surface area contributed by atoms with E-state index in [2.05, 4.69) is 5.32 Å². The first-order valence-electron chi connectivity index (χ1n) is 11.7. The Morgan fingerprint density at radius 1 is 1.06 bits per heavy atom. The second-order valence-electron chi connectivity index (χ2n) is 8.66. The van der Waals surface area contributed by atoms with E-state index in [9.17, 15) is 18.0 Å². The number of ether oxygens (including phenoxy) is 1. The molecule has 1 N–H and O–H groups in total.